The fourth-order valence-electron chi connectivity index (χ4n) is 4.13. The van der Waals surface area contributed by atoms with Gasteiger partial charge in [-0.3, -0.25) is 4.57 Å². The Bertz CT molecular complexity index is 1420. The van der Waals surface area contributed by atoms with E-state index < -0.39 is 5.97 Å². The summed E-state index contributed by atoms with van der Waals surface area (Å²) < 4.78 is 9.25. The highest BCUT2D eigenvalue weighted by Gasteiger charge is 2.16. The van der Waals surface area contributed by atoms with Crippen LogP contribution in [0.15, 0.2) is 71.5 Å². The number of aromatic nitrogens is 3. The van der Waals surface area contributed by atoms with Gasteiger partial charge in [0.15, 0.2) is 0 Å². The molecule has 0 unspecified atom stereocenters. The Balaban J connectivity index is 1.54. The van der Waals surface area contributed by atoms with E-state index in [1.807, 2.05) is 56.3 Å². The van der Waals surface area contributed by atoms with E-state index in [2.05, 4.69) is 6.92 Å². The molecule has 0 fully saturated rings. The van der Waals surface area contributed by atoms with Gasteiger partial charge in [-0.1, -0.05) is 55.8 Å². The zero-order valence-corrected chi connectivity index (χ0v) is 20.9. The first-order valence-electron chi connectivity index (χ1n) is 12.2. The average Bonchev–Trinajstić information content (AvgIpc) is 3.17. The lowest BCUT2D eigenvalue weighted by atomic mass is 10.1. The number of benzene rings is 3. The predicted octanol–water partition coefficient (Wildman–Crippen LogP) is 5.32. The number of unbranched alkanes of at least 4 members (excludes halogenated alkanes) is 1. The van der Waals surface area contributed by atoms with Gasteiger partial charge >= 0.3 is 11.7 Å². The van der Waals surface area contributed by atoms with Crippen molar-refractivity contribution in [2.24, 2.45) is 0 Å². The van der Waals surface area contributed by atoms with Crippen LogP contribution >= 0.6 is 0 Å². The Morgan fingerprint density at radius 2 is 1.69 bits per heavy atom. The summed E-state index contributed by atoms with van der Waals surface area (Å²) in [5.41, 5.74) is 4.76. The third-order valence-corrected chi connectivity index (χ3v) is 6.21. The number of carbonyl (C=O) groups is 1. The van der Waals surface area contributed by atoms with Crippen LogP contribution in [0.25, 0.3) is 5.69 Å². The minimum absolute atomic E-state index is 0.141. The molecule has 4 rings (SSSR count). The minimum atomic E-state index is -0.949. The van der Waals surface area contributed by atoms with Gasteiger partial charge < -0.3 is 9.84 Å². The van der Waals surface area contributed by atoms with E-state index in [0.717, 1.165) is 58.8 Å². The number of ether oxygens (including phenoxy) is 1. The molecule has 186 valence electrons. The van der Waals surface area contributed by atoms with Gasteiger partial charge in [-0.2, -0.15) is 4.68 Å². The maximum absolute atomic E-state index is 13.4. The standard InChI is InChI=1S/C29H31N3O4/c1-4-5-10-27-30-32(25-9-7-6-8-20(25)2)29(35)31(27)18-23-13-16-26(21(3)17-23)36-19-22-11-14-24(15-12-22)28(33)34/h6-9,11-17H,4-5,10,18-19H2,1-3H3,(H,33,34). The molecular weight excluding hydrogens is 454 g/mol. The monoisotopic (exact) mass is 485 g/mol. The second-order valence-electron chi connectivity index (χ2n) is 8.98. The largest absolute Gasteiger partial charge is 0.489 e. The average molecular weight is 486 g/mol. The SMILES string of the molecule is CCCCc1nn(-c2ccccc2C)c(=O)n1Cc1ccc(OCc2ccc(C(=O)O)cc2)c(C)c1. The summed E-state index contributed by atoms with van der Waals surface area (Å²) in [6.07, 6.45) is 2.73. The quantitative estimate of drug-likeness (QED) is 0.329. The Morgan fingerprint density at radius 3 is 2.36 bits per heavy atom. The third kappa shape index (κ3) is 5.57. The van der Waals surface area contributed by atoms with Crippen molar-refractivity contribution in [2.45, 2.75) is 53.2 Å². The van der Waals surface area contributed by atoms with Crippen LogP contribution in [0.3, 0.4) is 0 Å². The maximum atomic E-state index is 13.4. The number of carboxylic acid groups (broad SMARTS) is 1. The van der Waals surface area contributed by atoms with Crippen molar-refractivity contribution in [3.05, 3.63) is 111 Å². The number of para-hydroxylation sites is 1. The molecule has 0 aliphatic rings. The van der Waals surface area contributed by atoms with E-state index >= 15 is 0 Å². The Kier molecular flexibility index (Phi) is 7.68. The molecule has 3 aromatic carbocycles. The molecule has 0 aliphatic carbocycles. The van der Waals surface area contributed by atoms with E-state index in [4.69, 9.17) is 14.9 Å². The zero-order chi connectivity index (χ0) is 25.7. The summed E-state index contributed by atoms with van der Waals surface area (Å²) in [5, 5.41) is 13.7. The van der Waals surface area contributed by atoms with Gasteiger partial charge in [-0.25, -0.2) is 9.59 Å². The van der Waals surface area contributed by atoms with Crippen LogP contribution in [0.2, 0.25) is 0 Å². The molecule has 0 radical (unpaired) electrons. The highest BCUT2D eigenvalue weighted by molar-refractivity contribution is 5.87. The predicted molar refractivity (Wildman–Crippen MR) is 139 cm³/mol. The summed E-state index contributed by atoms with van der Waals surface area (Å²) in [6, 6.07) is 20.3. The van der Waals surface area contributed by atoms with Crippen LogP contribution in [0.1, 0.15) is 58.2 Å². The first-order chi connectivity index (χ1) is 17.4. The highest BCUT2D eigenvalue weighted by atomic mass is 16.5. The van der Waals surface area contributed by atoms with Gasteiger partial charge in [0, 0.05) is 6.42 Å². The molecule has 1 aromatic heterocycles. The summed E-state index contributed by atoms with van der Waals surface area (Å²) in [7, 11) is 0. The van der Waals surface area contributed by atoms with Crippen molar-refractivity contribution in [3.63, 3.8) is 0 Å². The third-order valence-electron chi connectivity index (χ3n) is 6.21. The van der Waals surface area contributed by atoms with Crippen molar-refractivity contribution in [3.8, 4) is 11.4 Å². The normalized spacial score (nSPS) is 11.0. The molecule has 0 spiro atoms. The summed E-state index contributed by atoms with van der Waals surface area (Å²) >= 11 is 0. The lowest BCUT2D eigenvalue weighted by Crippen LogP contribution is -2.25. The molecule has 0 aliphatic heterocycles. The van der Waals surface area contributed by atoms with Gasteiger partial charge in [0.1, 0.15) is 18.2 Å². The van der Waals surface area contributed by atoms with Gasteiger partial charge in [0.25, 0.3) is 0 Å². The molecule has 7 heteroatoms. The van der Waals surface area contributed by atoms with E-state index in [1.165, 1.54) is 4.68 Å². The lowest BCUT2D eigenvalue weighted by Gasteiger charge is -2.12. The van der Waals surface area contributed by atoms with Gasteiger partial charge in [0.2, 0.25) is 0 Å². The van der Waals surface area contributed by atoms with E-state index in [0.29, 0.717) is 13.2 Å². The molecule has 7 nitrogen and oxygen atoms in total. The van der Waals surface area contributed by atoms with E-state index in [9.17, 15) is 9.59 Å². The second-order valence-corrected chi connectivity index (χ2v) is 8.98. The molecule has 0 amide bonds. The lowest BCUT2D eigenvalue weighted by molar-refractivity contribution is 0.0697. The summed E-state index contributed by atoms with van der Waals surface area (Å²) in [4.78, 5) is 24.4. The highest BCUT2D eigenvalue weighted by Crippen LogP contribution is 2.22. The molecule has 0 bridgehead atoms. The van der Waals surface area contributed by atoms with Crippen molar-refractivity contribution in [1.82, 2.24) is 14.3 Å². The Morgan fingerprint density at radius 1 is 0.972 bits per heavy atom. The number of nitrogens with zero attached hydrogens (tertiary/aromatic N) is 3. The fourth-order valence-corrected chi connectivity index (χ4v) is 4.13. The molecule has 1 heterocycles. The Labute approximate surface area is 210 Å². The topological polar surface area (TPSA) is 86.4 Å². The van der Waals surface area contributed by atoms with Crippen molar-refractivity contribution < 1.29 is 14.6 Å². The first kappa shape index (κ1) is 25.0. The maximum Gasteiger partial charge on any atom is 0.351 e. The summed E-state index contributed by atoms with van der Waals surface area (Å²) in [6.45, 7) is 6.85. The van der Waals surface area contributed by atoms with Crippen LogP contribution in [0.4, 0.5) is 0 Å². The number of carboxylic acids is 1. The number of aromatic carboxylic acids is 1. The molecular formula is C29H31N3O4. The molecule has 1 N–H and O–H groups in total. The van der Waals surface area contributed by atoms with Crippen molar-refractivity contribution >= 4 is 5.97 Å². The molecule has 0 saturated heterocycles. The van der Waals surface area contributed by atoms with Crippen LogP contribution < -0.4 is 10.4 Å². The van der Waals surface area contributed by atoms with Crippen molar-refractivity contribution in [1.29, 1.82) is 0 Å². The van der Waals surface area contributed by atoms with Gasteiger partial charge in [-0.05, 0) is 66.8 Å². The molecule has 4 aromatic rings. The van der Waals surface area contributed by atoms with Crippen LogP contribution in [-0.2, 0) is 19.6 Å². The zero-order valence-electron chi connectivity index (χ0n) is 20.9. The smallest absolute Gasteiger partial charge is 0.351 e. The van der Waals surface area contributed by atoms with Gasteiger partial charge in [0.05, 0.1) is 17.8 Å². The number of hydrogen-bond acceptors (Lipinski definition) is 4. The summed E-state index contributed by atoms with van der Waals surface area (Å²) in [5.74, 6) is 0.582. The van der Waals surface area contributed by atoms with E-state index in [-0.39, 0.29) is 11.3 Å². The van der Waals surface area contributed by atoms with Crippen LogP contribution in [-0.4, -0.2) is 25.4 Å². The van der Waals surface area contributed by atoms with Crippen LogP contribution in [0, 0.1) is 13.8 Å². The molecule has 36 heavy (non-hydrogen) atoms. The minimum Gasteiger partial charge on any atom is -0.489 e. The number of hydrogen-bond donors (Lipinski definition) is 1. The Hall–Kier alpha value is -4.13. The van der Waals surface area contributed by atoms with Crippen LogP contribution in [0.5, 0.6) is 5.75 Å². The number of aryl methyl sites for hydroxylation is 3. The second kappa shape index (κ2) is 11.1. The van der Waals surface area contributed by atoms with E-state index in [1.54, 1.807) is 28.8 Å². The van der Waals surface area contributed by atoms with Gasteiger partial charge in [-0.15, -0.1) is 5.10 Å². The molecule has 0 saturated carbocycles. The fraction of sp³-hybridized carbons (Fsp3) is 0.276. The van der Waals surface area contributed by atoms with Crippen molar-refractivity contribution in [2.75, 3.05) is 0 Å². The molecule has 0 atom stereocenters. The first-order valence-corrected chi connectivity index (χ1v) is 12.2. The number of rotatable bonds is 10.